The minimum atomic E-state index is -4.58. The van der Waals surface area contributed by atoms with Crippen molar-refractivity contribution in [3.63, 3.8) is 0 Å². The predicted octanol–water partition coefficient (Wildman–Crippen LogP) is 3.48. The van der Waals surface area contributed by atoms with E-state index >= 15 is 0 Å². The maximum atomic E-state index is 12.8. The molecule has 0 spiro atoms. The van der Waals surface area contributed by atoms with Gasteiger partial charge in [0, 0.05) is 5.56 Å². The first-order valence-electron chi connectivity index (χ1n) is 5.65. The van der Waals surface area contributed by atoms with Crippen molar-refractivity contribution in [3.05, 3.63) is 29.5 Å². The van der Waals surface area contributed by atoms with E-state index in [9.17, 15) is 13.2 Å². The maximum absolute atomic E-state index is 12.8. The van der Waals surface area contributed by atoms with E-state index in [-0.39, 0.29) is 4.96 Å². The molecule has 106 valence electrons. The second-order valence-electron chi connectivity index (χ2n) is 4.16. The Hall–Kier alpha value is -2.07. The summed E-state index contributed by atoms with van der Waals surface area (Å²) >= 11 is 2.52. The van der Waals surface area contributed by atoms with Crippen LogP contribution in [0.5, 0.6) is 0 Å². The molecule has 0 aliphatic rings. The van der Waals surface area contributed by atoms with Crippen molar-refractivity contribution in [3.8, 4) is 10.6 Å². The number of benzene rings is 1. The first-order valence-corrected chi connectivity index (χ1v) is 7.35. The van der Waals surface area contributed by atoms with Gasteiger partial charge >= 0.3 is 6.18 Å². The number of nitrogens with zero attached hydrogens (tertiary/aromatic N) is 5. The Morgan fingerprint density at radius 3 is 2.81 bits per heavy atom. The Labute approximate surface area is 122 Å². The molecule has 0 bridgehead atoms. The highest BCUT2D eigenvalue weighted by atomic mass is 32.1. The highest BCUT2D eigenvalue weighted by Crippen LogP contribution is 2.33. The molecule has 4 rings (SSSR count). The van der Waals surface area contributed by atoms with E-state index in [0.717, 1.165) is 31.6 Å². The topological polar surface area (TPSA) is 56.0 Å². The second kappa shape index (κ2) is 4.21. The fourth-order valence-corrected chi connectivity index (χ4v) is 3.45. The first-order chi connectivity index (χ1) is 10.0. The Morgan fingerprint density at radius 1 is 1.14 bits per heavy atom. The zero-order valence-corrected chi connectivity index (χ0v) is 11.6. The van der Waals surface area contributed by atoms with Gasteiger partial charge < -0.3 is 0 Å². The van der Waals surface area contributed by atoms with Crippen LogP contribution in [0.25, 0.3) is 25.7 Å². The number of alkyl halides is 3. The zero-order chi connectivity index (χ0) is 14.6. The van der Waals surface area contributed by atoms with Crippen LogP contribution in [0.4, 0.5) is 13.2 Å². The molecule has 3 heterocycles. The highest BCUT2D eigenvalue weighted by Gasteiger charge is 2.38. The third kappa shape index (κ3) is 1.98. The lowest BCUT2D eigenvalue weighted by molar-refractivity contribution is -0.146. The lowest BCUT2D eigenvalue weighted by Gasteiger charge is -2.00. The van der Waals surface area contributed by atoms with E-state index in [1.165, 1.54) is 11.3 Å². The van der Waals surface area contributed by atoms with Gasteiger partial charge in [-0.25, -0.2) is 4.98 Å². The average Bonchev–Trinajstić information content (AvgIpc) is 3.10. The molecule has 0 fully saturated rings. The van der Waals surface area contributed by atoms with Gasteiger partial charge in [-0.1, -0.05) is 11.3 Å². The van der Waals surface area contributed by atoms with Crippen molar-refractivity contribution < 1.29 is 13.2 Å². The Kier molecular flexibility index (Phi) is 2.54. The molecule has 0 amide bonds. The number of rotatable bonds is 1. The van der Waals surface area contributed by atoms with Gasteiger partial charge in [0.1, 0.15) is 5.01 Å². The van der Waals surface area contributed by atoms with E-state index in [2.05, 4.69) is 20.3 Å². The summed E-state index contributed by atoms with van der Waals surface area (Å²) in [5, 5.41) is 11.1. The number of halogens is 3. The first kappa shape index (κ1) is 12.7. The number of thiazole rings is 1. The molecular formula is C11H4F3N5S2. The maximum Gasteiger partial charge on any atom is 0.453 e. The molecule has 21 heavy (non-hydrogen) atoms. The molecule has 0 saturated heterocycles. The summed E-state index contributed by atoms with van der Waals surface area (Å²) in [7, 11) is 0. The Morgan fingerprint density at radius 2 is 2.00 bits per heavy atom. The van der Waals surface area contributed by atoms with Crippen LogP contribution in [0.2, 0.25) is 0 Å². The molecule has 4 aromatic rings. The van der Waals surface area contributed by atoms with Crippen molar-refractivity contribution in [2.24, 2.45) is 0 Å². The lowest BCUT2D eigenvalue weighted by atomic mass is 10.2. The normalized spacial score (nSPS) is 12.5. The standard InChI is InChI=1S/C11H4F3N5S2/c12-11(13,14)9-16-17-10-19(9)18-8(21-10)5-1-2-6-7(3-5)20-4-15-6/h1-4H. The number of aromatic nitrogens is 5. The molecule has 0 atom stereocenters. The smallest absolute Gasteiger partial charge is 0.245 e. The summed E-state index contributed by atoms with van der Waals surface area (Å²) in [6.07, 6.45) is -4.58. The number of hydrogen-bond acceptors (Lipinski definition) is 6. The molecule has 0 aliphatic heterocycles. The largest absolute Gasteiger partial charge is 0.453 e. The van der Waals surface area contributed by atoms with Gasteiger partial charge in [0.25, 0.3) is 5.82 Å². The van der Waals surface area contributed by atoms with Crippen molar-refractivity contribution in [1.29, 1.82) is 0 Å². The van der Waals surface area contributed by atoms with Crippen LogP contribution < -0.4 is 0 Å². The summed E-state index contributed by atoms with van der Waals surface area (Å²) in [5.41, 5.74) is 3.30. The summed E-state index contributed by atoms with van der Waals surface area (Å²) in [6.45, 7) is 0. The summed E-state index contributed by atoms with van der Waals surface area (Å²) in [6, 6.07) is 5.45. The van der Waals surface area contributed by atoms with Crippen LogP contribution in [0, 0.1) is 0 Å². The van der Waals surface area contributed by atoms with Gasteiger partial charge in [-0.05, 0) is 18.2 Å². The van der Waals surface area contributed by atoms with Gasteiger partial charge in [0.2, 0.25) is 4.96 Å². The van der Waals surface area contributed by atoms with Gasteiger partial charge in [0.15, 0.2) is 0 Å². The second-order valence-corrected chi connectivity index (χ2v) is 6.00. The molecule has 0 aliphatic carbocycles. The SMILES string of the molecule is FC(F)(F)c1nnc2sc(-c3ccc4ncsc4c3)nn12. The molecule has 0 saturated carbocycles. The predicted molar refractivity (Wildman–Crippen MR) is 72.3 cm³/mol. The molecule has 0 unspecified atom stereocenters. The van der Waals surface area contributed by atoms with Crippen molar-refractivity contribution >= 4 is 37.9 Å². The van der Waals surface area contributed by atoms with Gasteiger partial charge in [-0.15, -0.1) is 21.5 Å². The van der Waals surface area contributed by atoms with E-state index in [1.54, 1.807) is 11.6 Å². The fraction of sp³-hybridized carbons (Fsp3) is 0.0909. The number of fused-ring (bicyclic) bond motifs is 2. The van der Waals surface area contributed by atoms with Crippen molar-refractivity contribution in [2.75, 3.05) is 0 Å². The van der Waals surface area contributed by atoms with Crippen LogP contribution in [0.1, 0.15) is 5.82 Å². The van der Waals surface area contributed by atoms with Gasteiger partial charge in [-0.2, -0.15) is 22.8 Å². The lowest BCUT2D eigenvalue weighted by Crippen LogP contribution is -2.11. The summed E-state index contributed by atoms with van der Waals surface area (Å²) in [5.74, 6) is -1.11. The van der Waals surface area contributed by atoms with E-state index in [4.69, 9.17) is 0 Å². The molecule has 0 N–H and O–H groups in total. The summed E-state index contributed by atoms with van der Waals surface area (Å²) < 4.78 is 40.0. The molecule has 5 nitrogen and oxygen atoms in total. The minimum Gasteiger partial charge on any atom is -0.245 e. The van der Waals surface area contributed by atoms with Crippen LogP contribution in [-0.2, 0) is 6.18 Å². The summed E-state index contributed by atoms with van der Waals surface area (Å²) in [4.78, 5) is 4.27. The van der Waals surface area contributed by atoms with Crippen LogP contribution in [-0.4, -0.2) is 24.8 Å². The number of hydrogen-bond donors (Lipinski definition) is 0. The molecular weight excluding hydrogens is 323 g/mol. The average molecular weight is 327 g/mol. The Balaban J connectivity index is 1.88. The molecule has 0 radical (unpaired) electrons. The van der Waals surface area contributed by atoms with E-state index < -0.39 is 12.0 Å². The third-order valence-electron chi connectivity index (χ3n) is 2.82. The van der Waals surface area contributed by atoms with Crippen LogP contribution >= 0.6 is 22.7 Å². The quantitative estimate of drug-likeness (QED) is 0.537. The van der Waals surface area contributed by atoms with Gasteiger partial charge in [0.05, 0.1) is 15.7 Å². The monoisotopic (exact) mass is 327 g/mol. The molecule has 3 aromatic heterocycles. The molecule has 1 aromatic carbocycles. The van der Waals surface area contributed by atoms with Crippen molar-refractivity contribution in [2.45, 2.75) is 6.18 Å². The van der Waals surface area contributed by atoms with Crippen LogP contribution in [0.15, 0.2) is 23.7 Å². The van der Waals surface area contributed by atoms with Gasteiger partial charge in [-0.3, -0.25) is 0 Å². The Bertz CT molecular complexity index is 952. The minimum absolute atomic E-state index is 0.113. The fourth-order valence-electron chi connectivity index (χ4n) is 1.90. The van der Waals surface area contributed by atoms with E-state index in [0.29, 0.717) is 5.01 Å². The third-order valence-corrected chi connectivity index (χ3v) is 4.56. The van der Waals surface area contributed by atoms with Crippen LogP contribution in [0.3, 0.4) is 0 Å². The van der Waals surface area contributed by atoms with Crippen molar-refractivity contribution in [1.82, 2.24) is 24.8 Å². The van der Waals surface area contributed by atoms with E-state index in [1.807, 2.05) is 12.1 Å². The zero-order valence-electron chi connectivity index (χ0n) is 10.00. The highest BCUT2D eigenvalue weighted by molar-refractivity contribution is 7.20. The molecule has 10 heteroatoms.